The first kappa shape index (κ1) is 34.2. The van der Waals surface area contributed by atoms with E-state index in [4.69, 9.17) is 37.3 Å². The number of allylic oxidation sites excluding steroid dienone is 2. The maximum absolute atomic E-state index is 11.6. The van der Waals surface area contributed by atoms with E-state index in [0.29, 0.717) is 47.7 Å². The van der Waals surface area contributed by atoms with E-state index in [2.05, 4.69) is 39.8 Å². The van der Waals surface area contributed by atoms with Crippen LogP contribution in [0, 0.1) is 0 Å². The van der Waals surface area contributed by atoms with Gasteiger partial charge >= 0.3 is 11.6 Å². The number of furan rings is 1. The lowest BCUT2D eigenvalue weighted by molar-refractivity contribution is -0.270. The molecular formula is C41H46O9. The van der Waals surface area contributed by atoms with Gasteiger partial charge in [0, 0.05) is 29.7 Å². The monoisotopic (exact) mass is 682 g/mol. The van der Waals surface area contributed by atoms with Crippen molar-refractivity contribution in [3.63, 3.8) is 0 Å². The summed E-state index contributed by atoms with van der Waals surface area (Å²) in [4.78, 5) is 11.6. The van der Waals surface area contributed by atoms with Crippen LogP contribution in [0.15, 0.2) is 91.7 Å². The minimum atomic E-state index is -1.34. The average molecular weight is 683 g/mol. The SMILES string of the molecule is C/C(=C\COc1ccc2ccc(=O)oc2c1)CCCC1OC2(C=Cc3c(cc4occc4c3OC/C=C(\C)CCC3OC3(C)C)O2)OC1(C)C. The maximum atomic E-state index is 11.6. The summed E-state index contributed by atoms with van der Waals surface area (Å²) in [5, 5.41) is 1.74. The first-order valence-corrected chi connectivity index (χ1v) is 17.5. The van der Waals surface area contributed by atoms with E-state index < -0.39 is 11.6 Å². The van der Waals surface area contributed by atoms with Crippen LogP contribution in [0.1, 0.15) is 79.2 Å². The first-order valence-electron chi connectivity index (χ1n) is 17.5. The summed E-state index contributed by atoms with van der Waals surface area (Å²) in [6.45, 7) is 13.4. The lowest BCUT2D eigenvalue weighted by Gasteiger charge is -2.30. The van der Waals surface area contributed by atoms with Crippen molar-refractivity contribution in [3.8, 4) is 17.2 Å². The van der Waals surface area contributed by atoms with Gasteiger partial charge in [-0.3, -0.25) is 0 Å². The summed E-state index contributed by atoms with van der Waals surface area (Å²) in [5.41, 5.74) is 3.55. The third kappa shape index (κ3) is 7.41. The Kier molecular flexibility index (Phi) is 9.18. The van der Waals surface area contributed by atoms with Gasteiger partial charge in [-0.15, -0.1) is 0 Å². The van der Waals surface area contributed by atoms with E-state index in [-0.39, 0.29) is 17.3 Å². The summed E-state index contributed by atoms with van der Waals surface area (Å²) >= 11 is 0. The number of epoxide rings is 1. The second-order valence-electron chi connectivity index (χ2n) is 14.6. The van der Waals surface area contributed by atoms with E-state index in [1.165, 1.54) is 17.2 Å². The largest absolute Gasteiger partial charge is 0.489 e. The van der Waals surface area contributed by atoms with Crippen LogP contribution in [-0.2, 0) is 14.2 Å². The topological polar surface area (TPSA) is 102 Å². The van der Waals surface area contributed by atoms with Gasteiger partial charge in [0.1, 0.15) is 41.6 Å². The van der Waals surface area contributed by atoms with E-state index in [0.717, 1.165) is 48.4 Å². The number of hydrogen-bond donors (Lipinski definition) is 0. The molecule has 2 aromatic carbocycles. The fourth-order valence-corrected chi connectivity index (χ4v) is 6.71. The van der Waals surface area contributed by atoms with Crippen molar-refractivity contribution in [1.29, 1.82) is 0 Å². The van der Waals surface area contributed by atoms with Crippen LogP contribution in [0.4, 0.5) is 0 Å². The van der Waals surface area contributed by atoms with Crippen molar-refractivity contribution in [2.45, 2.75) is 103 Å². The Morgan fingerprint density at radius 2 is 1.58 bits per heavy atom. The molecule has 4 aromatic rings. The fraction of sp³-hybridized carbons (Fsp3) is 0.439. The molecule has 264 valence electrons. The highest BCUT2D eigenvalue weighted by molar-refractivity contribution is 5.91. The molecule has 0 bridgehead atoms. The van der Waals surface area contributed by atoms with Gasteiger partial charge in [-0.25, -0.2) is 4.79 Å². The zero-order chi connectivity index (χ0) is 35.1. The Balaban J connectivity index is 0.945. The molecule has 0 amide bonds. The van der Waals surface area contributed by atoms with Crippen molar-refractivity contribution < 1.29 is 37.3 Å². The van der Waals surface area contributed by atoms with E-state index in [1.807, 2.05) is 50.3 Å². The van der Waals surface area contributed by atoms with Gasteiger partial charge in [-0.2, -0.15) is 0 Å². The van der Waals surface area contributed by atoms with Crippen LogP contribution >= 0.6 is 0 Å². The molecule has 0 N–H and O–H groups in total. The van der Waals surface area contributed by atoms with E-state index >= 15 is 0 Å². The molecule has 5 heterocycles. The highest BCUT2D eigenvalue weighted by atomic mass is 16.9. The molecule has 2 saturated heterocycles. The zero-order valence-corrected chi connectivity index (χ0v) is 29.7. The molecule has 0 radical (unpaired) electrons. The number of rotatable bonds is 13. The fourth-order valence-electron chi connectivity index (χ4n) is 6.71. The predicted molar refractivity (Wildman–Crippen MR) is 192 cm³/mol. The van der Waals surface area contributed by atoms with Crippen molar-refractivity contribution in [1.82, 2.24) is 0 Å². The number of benzene rings is 2. The lowest BCUT2D eigenvalue weighted by Crippen LogP contribution is -2.38. The maximum Gasteiger partial charge on any atom is 0.350 e. The Bertz CT molecular complexity index is 2030. The van der Waals surface area contributed by atoms with Gasteiger partial charge in [0.15, 0.2) is 0 Å². The van der Waals surface area contributed by atoms with Gasteiger partial charge in [0.2, 0.25) is 0 Å². The number of ether oxygens (including phenoxy) is 6. The summed E-state index contributed by atoms with van der Waals surface area (Å²) in [5.74, 6) is 0.605. The standard InChI is InChI=1S/C41H46O9/c1-26(17-21-43-29-13-11-28-12-15-37(42)46-32(28)24-29)8-7-9-35-40(5,6)50-41(49-35)20-16-30-34(47-41)25-33-31(19-23-44-33)38(30)45-22-18-27(2)10-14-36-39(3,4)48-36/h11-13,15-20,23-25,35-36H,7-10,14,21-22H2,1-6H3/b26-17+,27-18+. The van der Waals surface area contributed by atoms with Crippen molar-refractivity contribution >= 4 is 28.0 Å². The first-order chi connectivity index (χ1) is 23.9. The van der Waals surface area contributed by atoms with E-state index in [9.17, 15) is 4.79 Å². The second-order valence-corrected chi connectivity index (χ2v) is 14.6. The van der Waals surface area contributed by atoms with Crippen molar-refractivity contribution in [3.05, 3.63) is 94.1 Å². The number of fused-ring (bicyclic) bond motifs is 3. The van der Waals surface area contributed by atoms with E-state index in [1.54, 1.807) is 18.4 Å². The van der Waals surface area contributed by atoms with Crippen LogP contribution in [0.3, 0.4) is 0 Å². The molecule has 2 aromatic heterocycles. The summed E-state index contributed by atoms with van der Waals surface area (Å²) in [6, 6.07) is 12.4. The Morgan fingerprint density at radius 1 is 0.840 bits per heavy atom. The number of hydrogen-bond acceptors (Lipinski definition) is 9. The van der Waals surface area contributed by atoms with Crippen LogP contribution < -0.4 is 19.8 Å². The van der Waals surface area contributed by atoms with Gasteiger partial charge in [-0.1, -0.05) is 11.1 Å². The summed E-state index contributed by atoms with van der Waals surface area (Å²) in [6.07, 6.45) is 14.4. The minimum absolute atomic E-state index is 0.00902. The zero-order valence-electron chi connectivity index (χ0n) is 29.7. The highest BCUT2D eigenvalue weighted by Gasteiger charge is 2.54. The van der Waals surface area contributed by atoms with Crippen molar-refractivity contribution in [2.24, 2.45) is 0 Å². The molecule has 9 heteroatoms. The quantitative estimate of drug-likeness (QED) is 0.0776. The van der Waals surface area contributed by atoms with Crippen LogP contribution in [0.2, 0.25) is 0 Å². The van der Waals surface area contributed by atoms with Gasteiger partial charge in [-0.05, 0) is 116 Å². The Labute approximate surface area is 292 Å². The predicted octanol–water partition coefficient (Wildman–Crippen LogP) is 9.27. The lowest BCUT2D eigenvalue weighted by atomic mass is 9.96. The average Bonchev–Trinajstić information content (AvgIpc) is 3.32. The molecule has 0 saturated carbocycles. The Morgan fingerprint density at radius 3 is 2.38 bits per heavy atom. The summed E-state index contributed by atoms with van der Waals surface area (Å²) in [7, 11) is 0. The van der Waals surface area contributed by atoms with Gasteiger partial charge in [0.05, 0.1) is 40.6 Å². The molecule has 3 unspecified atom stereocenters. The smallest absolute Gasteiger partial charge is 0.350 e. The third-order valence-corrected chi connectivity index (χ3v) is 9.84. The Hall–Kier alpha value is -4.31. The minimum Gasteiger partial charge on any atom is -0.489 e. The molecule has 0 aliphatic carbocycles. The van der Waals surface area contributed by atoms with Gasteiger partial charge < -0.3 is 37.3 Å². The molecule has 1 spiro atoms. The van der Waals surface area contributed by atoms with Crippen LogP contribution in [-0.4, -0.2) is 42.6 Å². The molecule has 3 aliphatic heterocycles. The second kappa shape index (κ2) is 13.4. The molecule has 7 rings (SSSR count). The molecular weight excluding hydrogens is 636 g/mol. The molecule has 3 aliphatic rings. The normalized spacial score (nSPS) is 23.7. The molecule has 9 nitrogen and oxygen atoms in total. The highest BCUT2D eigenvalue weighted by Crippen LogP contribution is 2.48. The van der Waals surface area contributed by atoms with Crippen LogP contribution in [0.25, 0.3) is 28.0 Å². The summed E-state index contributed by atoms with van der Waals surface area (Å²) < 4.78 is 48.5. The van der Waals surface area contributed by atoms with Gasteiger partial charge in [0.25, 0.3) is 0 Å². The van der Waals surface area contributed by atoms with Crippen molar-refractivity contribution in [2.75, 3.05) is 13.2 Å². The molecule has 3 atom stereocenters. The molecule has 50 heavy (non-hydrogen) atoms. The third-order valence-electron chi connectivity index (χ3n) is 9.84. The van der Waals surface area contributed by atoms with Crippen LogP contribution in [0.5, 0.6) is 17.2 Å². The molecule has 2 fully saturated rings.